The molecule has 3 nitrogen and oxygen atoms in total. The molecule has 12 heavy (non-hydrogen) atoms. The predicted octanol–water partition coefficient (Wildman–Crippen LogP) is 0.662. The largest absolute Gasteiger partial charge is 0.294 e. The second-order valence-corrected chi connectivity index (χ2v) is 3.18. The second kappa shape index (κ2) is 5.62. The maximum Gasteiger partial charge on any atom is 0.234 e. The minimum atomic E-state index is -0.133. The summed E-state index contributed by atoms with van der Waals surface area (Å²) in [4.78, 5) is 10.8. The molecule has 2 atom stereocenters. The highest BCUT2D eigenvalue weighted by molar-refractivity contribution is 5.75. The van der Waals surface area contributed by atoms with Crippen LogP contribution in [0.25, 0.3) is 0 Å². The summed E-state index contributed by atoms with van der Waals surface area (Å²) < 4.78 is 0. The van der Waals surface area contributed by atoms with E-state index in [9.17, 15) is 4.79 Å². The molecule has 0 aliphatic heterocycles. The number of amides is 1. The fourth-order valence-corrected chi connectivity index (χ4v) is 1.13. The SMILES string of the molecule is C#CC(C)CC(C)CC(=O)NN. The van der Waals surface area contributed by atoms with Crippen LogP contribution in [-0.4, -0.2) is 5.91 Å². The highest BCUT2D eigenvalue weighted by Crippen LogP contribution is 2.13. The van der Waals surface area contributed by atoms with E-state index in [4.69, 9.17) is 12.3 Å². The number of hydrogen-bond acceptors (Lipinski definition) is 2. The third-order valence-corrected chi connectivity index (χ3v) is 1.74. The first-order valence-corrected chi connectivity index (χ1v) is 4.05. The Balaban J connectivity index is 3.67. The summed E-state index contributed by atoms with van der Waals surface area (Å²) >= 11 is 0. The van der Waals surface area contributed by atoms with Gasteiger partial charge < -0.3 is 0 Å². The van der Waals surface area contributed by atoms with Gasteiger partial charge in [-0.3, -0.25) is 10.2 Å². The van der Waals surface area contributed by atoms with Crippen molar-refractivity contribution in [3.8, 4) is 12.3 Å². The van der Waals surface area contributed by atoms with Crippen LogP contribution in [0.5, 0.6) is 0 Å². The molecule has 0 rings (SSSR count). The molecule has 68 valence electrons. The van der Waals surface area contributed by atoms with Crippen LogP contribution < -0.4 is 11.3 Å². The zero-order valence-electron chi connectivity index (χ0n) is 7.63. The third kappa shape index (κ3) is 4.75. The molecule has 0 spiro atoms. The topological polar surface area (TPSA) is 55.1 Å². The summed E-state index contributed by atoms with van der Waals surface area (Å²) in [6.45, 7) is 3.96. The van der Waals surface area contributed by atoms with Crippen LogP contribution in [0.4, 0.5) is 0 Å². The van der Waals surface area contributed by atoms with Gasteiger partial charge >= 0.3 is 0 Å². The summed E-state index contributed by atoms with van der Waals surface area (Å²) in [5, 5.41) is 0. The summed E-state index contributed by atoms with van der Waals surface area (Å²) in [6.07, 6.45) is 6.52. The molecule has 0 saturated heterocycles. The molecule has 2 unspecified atom stereocenters. The van der Waals surface area contributed by atoms with Gasteiger partial charge in [0.2, 0.25) is 5.91 Å². The Kier molecular flexibility index (Phi) is 5.14. The molecule has 0 aliphatic carbocycles. The lowest BCUT2D eigenvalue weighted by molar-refractivity contribution is -0.122. The first-order chi connectivity index (χ1) is 5.60. The van der Waals surface area contributed by atoms with Crippen molar-refractivity contribution in [3.05, 3.63) is 0 Å². The number of nitrogens with one attached hydrogen (secondary N) is 1. The van der Waals surface area contributed by atoms with Gasteiger partial charge in [-0.15, -0.1) is 12.3 Å². The van der Waals surface area contributed by atoms with Crippen LogP contribution in [0.2, 0.25) is 0 Å². The van der Waals surface area contributed by atoms with E-state index in [1.54, 1.807) is 0 Å². The van der Waals surface area contributed by atoms with E-state index in [-0.39, 0.29) is 11.8 Å². The fraction of sp³-hybridized carbons (Fsp3) is 0.667. The Morgan fingerprint density at radius 3 is 2.67 bits per heavy atom. The minimum absolute atomic E-state index is 0.133. The van der Waals surface area contributed by atoms with Crippen LogP contribution in [-0.2, 0) is 4.79 Å². The summed E-state index contributed by atoms with van der Waals surface area (Å²) in [5.41, 5.74) is 2.10. The van der Waals surface area contributed by atoms with Crippen molar-refractivity contribution >= 4 is 5.91 Å². The Bertz CT molecular complexity index is 183. The van der Waals surface area contributed by atoms with Crippen molar-refractivity contribution in [1.82, 2.24) is 5.43 Å². The second-order valence-electron chi connectivity index (χ2n) is 3.18. The smallest absolute Gasteiger partial charge is 0.234 e. The van der Waals surface area contributed by atoms with E-state index in [2.05, 4.69) is 11.3 Å². The molecule has 0 saturated carbocycles. The zero-order chi connectivity index (χ0) is 9.56. The molecule has 0 fully saturated rings. The lowest BCUT2D eigenvalue weighted by Gasteiger charge is -2.11. The van der Waals surface area contributed by atoms with Gasteiger partial charge in [-0.2, -0.15) is 0 Å². The van der Waals surface area contributed by atoms with Gasteiger partial charge in [-0.25, -0.2) is 5.84 Å². The lowest BCUT2D eigenvalue weighted by atomic mass is 9.95. The standard InChI is InChI=1S/C9H16N2O/c1-4-7(2)5-8(3)6-9(12)11-10/h1,7-8H,5-6,10H2,2-3H3,(H,11,12). The average molecular weight is 168 g/mol. The number of hydrazine groups is 1. The van der Waals surface area contributed by atoms with Crippen LogP contribution in [0, 0.1) is 24.2 Å². The van der Waals surface area contributed by atoms with E-state index in [1.807, 2.05) is 13.8 Å². The monoisotopic (exact) mass is 168 g/mol. The number of nitrogens with two attached hydrogens (primary N) is 1. The van der Waals surface area contributed by atoms with E-state index >= 15 is 0 Å². The number of carbonyl (C=O) groups is 1. The highest BCUT2D eigenvalue weighted by Gasteiger charge is 2.10. The van der Waals surface area contributed by atoms with Crippen molar-refractivity contribution in [2.45, 2.75) is 26.7 Å². The van der Waals surface area contributed by atoms with Crippen molar-refractivity contribution in [2.24, 2.45) is 17.7 Å². The van der Waals surface area contributed by atoms with Gasteiger partial charge in [-0.05, 0) is 12.3 Å². The van der Waals surface area contributed by atoms with E-state index in [1.165, 1.54) is 0 Å². The molecule has 0 heterocycles. The highest BCUT2D eigenvalue weighted by atomic mass is 16.2. The van der Waals surface area contributed by atoms with Crippen molar-refractivity contribution in [1.29, 1.82) is 0 Å². The quantitative estimate of drug-likeness (QED) is 0.280. The van der Waals surface area contributed by atoms with Gasteiger partial charge in [0.05, 0.1) is 0 Å². The number of carbonyl (C=O) groups excluding carboxylic acids is 1. The van der Waals surface area contributed by atoms with Crippen LogP contribution in [0.1, 0.15) is 26.7 Å². The molecule has 0 bridgehead atoms. The van der Waals surface area contributed by atoms with Crippen LogP contribution in [0.15, 0.2) is 0 Å². The molecular weight excluding hydrogens is 152 g/mol. The van der Waals surface area contributed by atoms with Crippen molar-refractivity contribution in [3.63, 3.8) is 0 Å². The minimum Gasteiger partial charge on any atom is -0.294 e. The zero-order valence-corrected chi connectivity index (χ0v) is 7.63. The molecule has 0 aliphatic rings. The Hall–Kier alpha value is -1.01. The van der Waals surface area contributed by atoms with E-state index in [0.717, 1.165) is 6.42 Å². The first-order valence-electron chi connectivity index (χ1n) is 4.05. The van der Waals surface area contributed by atoms with Crippen molar-refractivity contribution < 1.29 is 4.79 Å². The Morgan fingerprint density at radius 2 is 2.25 bits per heavy atom. The first kappa shape index (κ1) is 11.0. The molecule has 0 aromatic rings. The normalized spacial score (nSPS) is 14.5. The Morgan fingerprint density at radius 1 is 1.67 bits per heavy atom. The van der Waals surface area contributed by atoms with E-state index < -0.39 is 0 Å². The molecule has 3 heteroatoms. The number of terminal acetylenes is 1. The molecule has 0 radical (unpaired) electrons. The molecular formula is C9H16N2O. The predicted molar refractivity (Wildman–Crippen MR) is 48.7 cm³/mol. The average Bonchev–Trinajstić information content (AvgIpc) is 2.03. The third-order valence-electron chi connectivity index (χ3n) is 1.74. The number of hydrogen-bond donors (Lipinski definition) is 2. The maximum atomic E-state index is 10.8. The Labute approximate surface area is 73.7 Å². The molecule has 0 aromatic carbocycles. The number of rotatable bonds is 4. The molecule has 0 aromatic heterocycles. The van der Waals surface area contributed by atoms with Gasteiger partial charge in [-0.1, -0.05) is 13.8 Å². The van der Waals surface area contributed by atoms with Gasteiger partial charge in [0, 0.05) is 12.3 Å². The van der Waals surface area contributed by atoms with E-state index in [0.29, 0.717) is 12.3 Å². The lowest BCUT2D eigenvalue weighted by Crippen LogP contribution is -2.31. The maximum absolute atomic E-state index is 10.8. The van der Waals surface area contributed by atoms with Gasteiger partial charge in [0.15, 0.2) is 0 Å². The van der Waals surface area contributed by atoms with Crippen LogP contribution >= 0.6 is 0 Å². The van der Waals surface area contributed by atoms with Crippen molar-refractivity contribution in [2.75, 3.05) is 0 Å². The molecule has 3 N–H and O–H groups in total. The summed E-state index contributed by atoms with van der Waals surface area (Å²) in [7, 11) is 0. The summed E-state index contributed by atoms with van der Waals surface area (Å²) in [5.74, 6) is 7.95. The fourth-order valence-electron chi connectivity index (χ4n) is 1.13. The van der Waals surface area contributed by atoms with Crippen LogP contribution in [0.3, 0.4) is 0 Å². The molecule has 1 amide bonds. The van der Waals surface area contributed by atoms with Gasteiger partial charge in [0.25, 0.3) is 0 Å². The van der Waals surface area contributed by atoms with Gasteiger partial charge in [0.1, 0.15) is 0 Å². The summed E-state index contributed by atoms with van der Waals surface area (Å²) in [6, 6.07) is 0.